The molecule has 0 unspecified atom stereocenters. The van der Waals surface area contributed by atoms with Gasteiger partial charge in [0.2, 0.25) is 5.95 Å². The molecule has 0 bridgehead atoms. The summed E-state index contributed by atoms with van der Waals surface area (Å²) in [6.45, 7) is 6.69. The maximum Gasteiger partial charge on any atom is 0.225 e. The van der Waals surface area contributed by atoms with E-state index in [2.05, 4.69) is 30.1 Å². The molecule has 0 aliphatic carbocycles. The highest BCUT2D eigenvalue weighted by atomic mass is 16.5. The first kappa shape index (κ1) is 19.7. The Morgan fingerprint density at radius 1 is 1.14 bits per heavy atom. The summed E-state index contributed by atoms with van der Waals surface area (Å²) in [5.41, 5.74) is 1.11. The molecule has 1 aliphatic heterocycles. The van der Waals surface area contributed by atoms with Gasteiger partial charge >= 0.3 is 0 Å². The molecule has 0 saturated carbocycles. The van der Waals surface area contributed by atoms with Gasteiger partial charge in [-0.3, -0.25) is 4.99 Å². The SMILES string of the molecule is CCOc1cc(CNC(=NC)N2CCN(c3ncccn3)CC2)ccc1OC. The Morgan fingerprint density at radius 2 is 1.89 bits per heavy atom. The molecular weight excluding hydrogens is 356 g/mol. The van der Waals surface area contributed by atoms with E-state index < -0.39 is 0 Å². The number of hydrogen-bond donors (Lipinski definition) is 1. The van der Waals surface area contributed by atoms with E-state index in [1.165, 1.54) is 0 Å². The van der Waals surface area contributed by atoms with Crippen molar-refractivity contribution in [3.8, 4) is 11.5 Å². The number of aliphatic imine (C=N–C) groups is 1. The van der Waals surface area contributed by atoms with Gasteiger partial charge in [-0.1, -0.05) is 6.07 Å². The summed E-state index contributed by atoms with van der Waals surface area (Å²) in [7, 11) is 3.46. The summed E-state index contributed by atoms with van der Waals surface area (Å²) in [5, 5.41) is 3.45. The number of guanidine groups is 1. The molecule has 8 heteroatoms. The smallest absolute Gasteiger partial charge is 0.225 e. The molecule has 3 rings (SSSR count). The minimum Gasteiger partial charge on any atom is -0.493 e. The van der Waals surface area contributed by atoms with E-state index in [0.717, 1.165) is 55.1 Å². The third kappa shape index (κ3) is 4.82. The molecule has 2 aromatic rings. The van der Waals surface area contributed by atoms with Crippen LogP contribution in [0.5, 0.6) is 11.5 Å². The fourth-order valence-corrected chi connectivity index (χ4v) is 3.19. The summed E-state index contributed by atoms with van der Waals surface area (Å²) in [5.74, 6) is 3.18. The molecule has 1 N–H and O–H groups in total. The standard InChI is InChI=1S/C20H28N6O2/c1-4-28-18-14-16(6-7-17(18)27-3)15-24-19(21-2)25-10-12-26(13-11-25)20-22-8-5-9-23-20/h5-9,14H,4,10-13,15H2,1-3H3,(H,21,24). The summed E-state index contributed by atoms with van der Waals surface area (Å²) < 4.78 is 11.0. The van der Waals surface area contributed by atoms with Crippen molar-refractivity contribution in [2.24, 2.45) is 4.99 Å². The van der Waals surface area contributed by atoms with E-state index in [-0.39, 0.29) is 0 Å². The molecule has 28 heavy (non-hydrogen) atoms. The number of nitrogens with one attached hydrogen (secondary N) is 1. The van der Waals surface area contributed by atoms with E-state index in [0.29, 0.717) is 13.2 Å². The number of aromatic nitrogens is 2. The molecular formula is C20H28N6O2. The van der Waals surface area contributed by atoms with Gasteiger partial charge in [0.15, 0.2) is 17.5 Å². The zero-order valence-electron chi connectivity index (χ0n) is 16.8. The van der Waals surface area contributed by atoms with E-state index in [4.69, 9.17) is 9.47 Å². The second kappa shape index (κ2) is 9.77. The summed E-state index contributed by atoms with van der Waals surface area (Å²) in [4.78, 5) is 17.6. The first-order chi connectivity index (χ1) is 13.7. The molecule has 1 saturated heterocycles. The van der Waals surface area contributed by atoms with Gasteiger partial charge in [-0.05, 0) is 30.7 Å². The maximum absolute atomic E-state index is 5.66. The van der Waals surface area contributed by atoms with Crippen LogP contribution in [-0.2, 0) is 6.54 Å². The van der Waals surface area contributed by atoms with Crippen LogP contribution in [0.2, 0.25) is 0 Å². The van der Waals surface area contributed by atoms with Gasteiger partial charge in [-0.2, -0.15) is 0 Å². The van der Waals surface area contributed by atoms with E-state index in [1.54, 1.807) is 19.5 Å². The molecule has 2 heterocycles. The molecule has 8 nitrogen and oxygen atoms in total. The summed E-state index contributed by atoms with van der Waals surface area (Å²) in [6, 6.07) is 7.81. The molecule has 1 fully saturated rings. The zero-order chi connectivity index (χ0) is 19.8. The fraction of sp³-hybridized carbons (Fsp3) is 0.450. The van der Waals surface area contributed by atoms with Gasteiger partial charge in [0.05, 0.1) is 13.7 Å². The minimum atomic E-state index is 0.602. The number of hydrogen-bond acceptors (Lipinski definition) is 6. The molecule has 0 amide bonds. The van der Waals surface area contributed by atoms with Crippen molar-refractivity contribution >= 4 is 11.9 Å². The fourth-order valence-electron chi connectivity index (χ4n) is 3.19. The van der Waals surface area contributed by atoms with Crippen LogP contribution in [-0.4, -0.2) is 67.8 Å². The van der Waals surface area contributed by atoms with Gasteiger partial charge in [0.1, 0.15) is 0 Å². The number of benzene rings is 1. The Bertz CT molecular complexity index is 776. The highest BCUT2D eigenvalue weighted by Gasteiger charge is 2.21. The average molecular weight is 384 g/mol. The van der Waals surface area contributed by atoms with Crippen molar-refractivity contribution in [2.75, 3.05) is 51.8 Å². The lowest BCUT2D eigenvalue weighted by Crippen LogP contribution is -2.52. The van der Waals surface area contributed by atoms with Crippen LogP contribution in [0.15, 0.2) is 41.7 Å². The molecule has 1 aromatic heterocycles. The maximum atomic E-state index is 5.66. The van der Waals surface area contributed by atoms with Crippen molar-refractivity contribution in [3.05, 3.63) is 42.2 Å². The minimum absolute atomic E-state index is 0.602. The van der Waals surface area contributed by atoms with Crippen molar-refractivity contribution in [2.45, 2.75) is 13.5 Å². The van der Waals surface area contributed by atoms with Crippen molar-refractivity contribution in [1.29, 1.82) is 0 Å². The van der Waals surface area contributed by atoms with Crippen LogP contribution in [0, 0.1) is 0 Å². The predicted octanol–water partition coefficient (Wildman–Crippen LogP) is 1.78. The first-order valence-corrected chi connectivity index (χ1v) is 9.52. The number of ether oxygens (including phenoxy) is 2. The monoisotopic (exact) mass is 384 g/mol. The third-order valence-electron chi connectivity index (χ3n) is 4.60. The van der Waals surface area contributed by atoms with Crippen molar-refractivity contribution in [1.82, 2.24) is 20.2 Å². The molecule has 0 radical (unpaired) electrons. The Labute approximate surface area is 166 Å². The Morgan fingerprint density at radius 3 is 2.54 bits per heavy atom. The van der Waals surface area contributed by atoms with Crippen LogP contribution in [0.25, 0.3) is 0 Å². The number of nitrogens with zero attached hydrogens (tertiary/aromatic N) is 5. The number of methoxy groups -OCH3 is 1. The van der Waals surface area contributed by atoms with Crippen LogP contribution in [0.3, 0.4) is 0 Å². The first-order valence-electron chi connectivity index (χ1n) is 9.52. The Hall–Kier alpha value is -3.03. The zero-order valence-corrected chi connectivity index (χ0v) is 16.8. The third-order valence-corrected chi connectivity index (χ3v) is 4.60. The van der Waals surface area contributed by atoms with Crippen LogP contribution in [0.4, 0.5) is 5.95 Å². The van der Waals surface area contributed by atoms with E-state index in [9.17, 15) is 0 Å². The molecule has 0 atom stereocenters. The number of rotatable bonds is 6. The quantitative estimate of drug-likeness (QED) is 0.601. The number of anilines is 1. The second-order valence-electron chi connectivity index (χ2n) is 6.34. The van der Waals surface area contributed by atoms with Gasteiger partial charge in [-0.25, -0.2) is 9.97 Å². The van der Waals surface area contributed by atoms with Crippen LogP contribution >= 0.6 is 0 Å². The number of piperazine rings is 1. The highest BCUT2D eigenvalue weighted by Crippen LogP contribution is 2.28. The molecule has 1 aliphatic rings. The lowest BCUT2D eigenvalue weighted by molar-refractivity contribution is 0.310. The Balaban J connectivity index is 1.56. The highest BCUT2D eigenvalue weighted by molar-refractivity contribution is 5.80. The lowest BCUT2D eigenvalue weighted by atomic mass is 10.2. The lowest BCUT2D eigenvalue weighted by Gasteiger charge is -2.36. The predicted molar refractivity (Wildman–Crippen MR) is 110 cm³/mol. The largest absolute Gasteiger partial charge is 0.493 e. The van der Waals surface area contributed by atoms with Gasteiger partial charge in [0, 0.05) is 52.2 Å². The van der Waals surface area contributed by atoms with Crippen LogP contribution in [0.1, 0.15) is 12.5 Å². The topological polar surface area (TPSA) is 75.1 Å². The van der Waals surface area contributed by atoms with Crippen LogP contribution < -0.4 is 19.7 Å². The van der Waals surface area contributed by atoms with Crippen molar-refractivity contribution in [3.63, 3.8) is 0 Å². The molecule has 150 valence electrons. The van der Waals surface area contributed by atoms with Gasteiger partial charge in [-0.15, -0.1) is 0 Å². The summed E-state index contributed by atoms with van der Waals surface area (Å²) in [6.07, 6.45) is 3.56. The molecule has 1 aromatic carbocycles. The van der Waals surface area contributed by atoms with E-state index in [1.807, 2.05) is 38.2 Å². The normalized spacial score (nSPS) is 14.8. The van der Waals surface area contributed by atoms with E-state index >= 15 is 0 Å². The summed E-state index contributed by atoms with van der Waals surface area (Å²) >= 11 is 0. The molecule has 0 spiro atoms. The van der Waals surface area contributed by atoms with Gasteiger partial charge in [0.25, 0.3) is 0 Å². The van der Waals surface area contributed by atoms with Gasteiger partial charge < -0.3 is 24.6 Å². The average Bonchev–Trinajstić information content (AvgIpc) is 2.76. The Kier molecular flexibility index (Phi) is 6.89. The van der Waals surface area contributed by atoms with Crippen molar-refractivity contribution < 1.29 is 9.47 Å². The second-order valence-corrected chi connectivity index (χ2v) is 6.34.